The number of hydrogen-bond donors (Lipinski definition) is 0. The molecule has 22 heavy (non-hydrogen) atoms. The minimum absolute atomic E-state index is 0.299. The van der Waals surface area contributed by atoms with Gasteiger partial charge in [-0.1, -0.05) is 76.9 Å². The Hall–Kier alpha value is -0.850. The van der Waals surface area contributed by atoms with Gasteiger partial charge in [0, 0.05) is 5.56 Å². The highest BCUT2D eigenvalue weighted by molar-refractivity contribution is 5.22. The van der Waals surface area contributed by atoms with E-state index in [2.05, 4.69) is 19.1 Å². The van der Waals surface area contributed by atoms with E-state index in [4.69, 9.17) is 0 Å². The molecule has 0 unspecified atom stereocenters. The number of aryl methyl sites for hydroxylation is 1. The molecular weight excluding hydrogens is 268 g/mol. The van der Waals surface area contributed by atoms with Gasteiger partial charge in [-0.15, -0.1) is 0 Å². The van der Waals surface area contributed by atoms with Crippen molar-refractivity contribution in [3.63, 3.8) is 0 Å². The summed E-state index contributed by atoms with van der Waals surface area (Å²) < 4.78 is 0. The van der Waals surface area contributed by atoms with Gasteiger partial charge in [-0.05, 0) is 44.6 Å². The van der Waals surface area contributed by atoms with E-state index in [1.807, 2.05) is 0 Å². The van der Waals surface area contributed by atoms with Crippen molar-refractivity contribution in [3.8, 4) is 0 Å². The van der Waals surface area contributed by atoms with E-state index in [1.54, 1.807) is 6.07 Å². The minimum atomic E-state index is 0.299. The molecule has 126 valence electrons. The fraction of sp³-hybridized carbons (Fsp3) is 0.762. The van der Waals surface area contributed by atoms with Crippen LogP contribution in [-0.4, -0.2) is 0 Å². The van der Waals surface area contributed by atoms with Gasteiger partial charge < -0.3 is 0 Å². The largest absolute Gasteiger partial charge is 0.290 e. The van der Waals surface area contributed by atoms with Gasteiger partial charge in [0.25, 0.3) is 0 Å². The number of unbranched alkanes of at least 4 members (excludes halogenated alkanes) is 12. The average Bonchev–Trinajstić information content (AvgIpc) is 3.22. The first-order valence-electron chi connectivity index (χ1n) is 9.74. The van der Waals surface area contributed by atoms with Gasteiger partial charge in [0.1, 0.15) is 0 Å². The second kappa shape index (κ2) is 13.8. The highest BCUT2D eigenvalue weighted by atomic mass is 16.1. The van der Waals surface area contributed by atoms with E-state index in [0.717, 1.165) is 12.0 Å². The molecule has 0 fully saturated rings. The zero-order chi connectivity index (χ0) is 15.9. The molecule has 1 nitrogen and oxygen atoms in total. The molecule has 0 spiro atoms. The summed E-state index contributed by atoms with van der Waals surface area (Å²) >= 11 is 0. The third-order valence-corrected chi connectivity index (χ3v) is 4.50. The van der Waals surface area contributed by atoms with Crippen LogP contribution in [0.2, 0.25) is 0 Å². The quantitative estimate of drug-likeness (QED) is 0.251. The third-order valence-electron chi connectivity index (χ3n) is 4.50. The predicted octanol–water partition coefficient (Wildman–Crippen LogP) is 6.50. The van der Waals surface area contributed by atoms with Crippen molar-refractivity contribution >= 4 is 0 Å². The molecule has 1 heteroatoms. The highest BCUT2D eigenvalue weighted by Crippen LogP contribution is 2.11. The van der Waals surface area contributed by atoms with Crippen LogP contribution >= 0.6 is 0 Å². The van der Waals surface area contributed by atoms with Crippen molar-refractivity contribution in [2.75, 3.05) is 0 Å². The molecule has 0 aliphatic rings. The first kappa shape index (κ1) is 19.2. The minimum Gasteiger partial charge on any atom is -0.290 e. The summed E-state index contributed by atoms with van der Waals surface area (Å²) in [6.07, 6.45) is 24.6. The van der Waals surface area contributed by atoms with E-state index in [-0.39, 0.29) is 0 Å². The third kappa shape index (κ3) is 11.8. The van der Waals surface area contributed by atoms with Crippen LogP contribution in [0.15, 0.2) is 23.0 Å². The van der Waals surface area contributed by atoms with Gasteiger partial charge in [-0.25, -0.2) is 0 Å². The van der Waals surface area contributed by atoms with E-state index >= 15 is 0 Å². The van der Waals surface area contributed by atoms with Gasteiger partial charge in [-0.3, -0.25) is 4.79 Å². The SMILES string of the molecule is CCCCCCCC/C=C\CCCCCCCCc1cc1=O. The van der Waals surface area contributed by atoms with Crippen molar-refractivity contribution in [3.05, 3.63) is 34.0 Å². The summed E-state index contributed by atoms with van der Waals surface area (Å²) in [6, 6.07) is 1.78. The van der Waals surface area contributed by atoms with E-state index in [0.29, 0.717) is 5.43 Å². The summed E-state index contributed by atoms with van der Waals surface area (Å²) in [5, 5.41) is 0. The molecule has 0 aliphatic heterocycles. The van der Waals surface area contributed by atoms with Crippen LogP contribution in [0.5, 0.6) is 0 Å². The first-order valence-corrected chi connectivity index (χ1v) is 9.74. The van der Waals surface area contributed by atoms with Gasteiger partial charge in [-0.2, -0.15) is 0 Å². The van der Waals surface area contributed by atoms with Crippen molar-refractivity contribution in [2.24, 2.45) is 0 Å². The zero-order valence-corrected chi connectivity index (χ0v) is 14.7. The summed E-state index contributed by atoms with van der Waals surface area (Å²) in [6.45, 7) is 2.27. The lowest BCUT2D eigenvalue weighted by atomic mass is 10.1. The van der Waals surface area contributed by atoms with Crippen molar-refractivity contribution in [2.45, 2.75) is 103 Å². The molecule has 1 rings (SSSR count). The van der Waals surface area contributed by atoms with Crippen molar-refractivity contribution in [1.29, 1.82) is 0 Å². The van der Waals surface area contributed by atoms with Gasteiger partial charge in [0.05, 0.1) is 0 Å². The lowest BCUT2D eigenvalue weighted by Gasteiger charge is -1.99. The fourth-order valence-electron chi connectivity index (χ4n) is 2.88. The second-order valence-corrected chi connectivity index (χ2v) is 6.72. The van der Waals surface area contributed by atoms with E-state index < -0.39 is 0 Å². The average molecular weight is 305 g/mol. The second-order valence-electron chi connectivity index (χ2n) is 6.72. The topological polar surface area (TPSA) is 17.1 Å². The molecule has 0 bridgehead atoms. The maximum absolute atomic E-state index is 10.8. The molecule has 0 aliphatic carbocycles. The Morgan fingerprint density at radius 1 is 0.727 bits per heavy atom. The molecular formula is C21H36O. The molecule has 0 heterocycles. The van der Waals surface area contributed by atoms with Gasteiger partial charge in [0.2, 0.25) is 0 Å². The molecule has 1 aromatic rings. The van der Waals surface area contributed by atoms with Gasteiger partial charge in [0.15, 0.2) is 5.43 Å². The Morgan fingerprint density at radius 3 is 1.68 bits per heavy atom. The lowest BCUT2D eigenvalue weighted by Crippen LogP contribution is -1.85. The van der Waals surface area contributed by atoms with Crippen molar-refractivity contribution < 1.29 is 0 Å². The van der Waals surface area contributed by atoms with Crippen LogP contribution in [0.3, 0.4) is 0 Å². The summed E-state index contributed by atoms with van der Waals surface area (Å²) in [4.78, 5) is 10.8. The van der Waals surface area contributed by atoms with Crippen LogP contribution in [0.25, 0.3) is 0 Å². The molecule has 0 saturated heterocycles. The number of hydrogen-bond acceptors (Lipinski definition) is 1. The molecule has 0 atom stereocenters. The Balaban J connectivity index is 1.70. The van der Waals surface area contributed by atoms with Crippen LogP contribution in [0.1, 0.15) is 102 Å². The standard InChI is InChI=1S/C21H36O/c1-2-3-4-5-6-7-8-9-10-11-12-13-14-15-16-17-18-20-19-21(20)22/h9-10,19H,2-8,11-18H2,1H3/b10-9-. The van der Waals surface area contributed by atoms with Crippen molar-refractivity contribution in [1.82, 2.24) is 0 Å². The maximum Gasteiger partial charge on any atom is 0.182 e. The lowest BCUT2D eigenvalue weighted by molar-refractivity contribution is 0.597. The van der Waals surface area contributed by atoms with Crippen LogP contribution in [-0.2, 0) is 6.42 Å². The summed E-state index contributed by atoms with van der Waals surface area (Å²) in [5.74, 6) is 0. The summed E-state index contributed by atoms with van der Waals surface area (Å²) in [5.41, 5.74) is 1.38. The van der Waals surface area contributed by atoms with Crippen LogP contribution < -0.4 is 5.43 Å². The Bertz CT molecular complexity index is 381. The Labute approximate surface area is 137 Å². The monoisotopic (exact) mass is 304 g/mol. The molecule has 0 radical (unpaired) electrons. The van der Waals surface area contributed by atoms with Crippen LogP contribution in [0, 0.1) is 0 Å². The molecule has 0 aromatic heterocycles. The molecule has 0 N–H and O–H groups in total. The van der Waals surface area contributed by atoms with E-state index in [9.17, 15) is 4.79 Å². The van der Waals surface area contributed by atoms with Crippen LogP contribution in [0.4, 0.5) is 0 Å². The Kier molecular flexibility index (Phi) is 12.0. The first-order chi connectivity index (χ1) is 10.8. The fourth-order valence-corrected chi connectivity index (χ4v) is 2.88. The van der Waals surface area contributed by atoms with E-state index in [1.165, 1.54) is 89.9 Å². The molecule has 0 amide bonds. The Morgan fingerprint density at radius 2 is 1.18 bits per heavy atom. The maximum atomic E-state index is 10.8. The predicted molar refractivity (Wildman–Crippen MR) is 98.2 cm³/mol. The highest BCUT2D eigenvalue weighted by Gasteiger charge is 2.06. The summed E-state index contributed by atoms with van der Waals surface area (Å²) in [7, 11) is 0. The zero-order valence-electron chi connectivity index (χ0n) is 14.7. The molecule has 1 aromatic carbocycles. The number of allylic oxidation sites excluding steroid dienone is 2. The number of rotatable bonds is 16. The normalized spacial score (nSPS) is 11.9. The van der Waals surface area contributed by atoms with Gasteiger partial charge >= 0.3 is 0 Å². The smallest absolute Gasteiger partial charge is 0.182 e. The molecule has 0 saturated carbocycles.